The summed E-state index contributed by atoms with van der Waals surface area (Å²) in [6, 6.07) is 20.9. The third-order valence-corrected chi connectivity index (χ3v) is 6.37. The molecule has 0 unspecified atom stereocenters. The number of amides is 1. The van der Waals surface area contributed by atoms with Gasteiger partial charge in [0.05, 0.1) is 12.3 Å². The van der Waals surface area contributed by atoms with Crippen molar-refractivity contribution in [2.75, 3.05) is 11.2 Å². The van der Waals surface area contributed by atoms with E-state index in [2.05, 4.69) is 27.8 Å². The number of Topliss-reactive ketones (excluding diaryl/α,β-unsaturated/α-hetero) is 1. The highest BCUT2D eigenvalue weighted by Crippen LogP contribution is 2.22. The second kappa shape index (κ2) is 9.87. The van der Waals surface area contributed by atoms with E-state index >= 15 is 0 Å². The second-order valence-corrected chi connectivity index (χ2v) is 8.68. The van der Waals surface area contributed by atoms with Gasteiger partial charge in [-0.2, -0.15) is 0 Å². The highest BCUT2D eigenvalue weighted by Gasteiger charge is 2.19. The van der Waals surface area contributed by atoms with Crippen LogP contribution < -0.4 is 5.43 Å². The number of benzene rings is 2. The van der Waals surface area contributed by atoms with Crippen LogP contribution in [0.3, 0.4) is 0 Å². The number of rotatable bonds is 8. The lowest BCUT2D eigenvalue weighted by Crippen LogP contribution is -2.25. The molecule has 33 heavy (non-hydrogen) atoms. The van der Waals surface area contributed by atoms with E-state index in [9.17, 15) is 9.59 Å². The lowest BCUT2D eigenvalue weighted by atomic mass is 10.2. The summed E-state index contributed by atoms with van der Waals surface area (Å²) in [6.07, 6.45) is 0. The van der Waals surface area contributed by atoms with Crippen LogP contribution in [0.2, 0.25) is 0 Å². The molecule has 8 heteroatoms. The Morgan fingerprint density at radius 3 is 2.30 bits per heavy atom. The summed E-state index contributed by atoms with van der Waals surface area (Å²) in [5.74, 6) is 0.773. The summed E-state index contributed by atoms with van der Waals surface area (Å²) < 4.78 is 3.67. The SMILES string of the molecule is Cc1nnc(SCC(=O)c2cc(C)n(NC(=O)c3ccccc3)c2C)n1Cc1ccccc1. The van der Waals surface area contributed by atoms with Crippen molar-refractivity contribution in [1.29, 1.82) is 0 Å². The minimum atomic E-state index is -0.227. The average molecular weight is 460 g/mol. The lowest BCUT2D eigenvalue weighted by molar-refractivity contribution is 0.0999. The van der Waals surface area contributed by atoms with Gasteiger partial charge >= 0.3 is 0 Å². The number of ketones is 1. The smallest absolute Gasteiger partial charge is 0.270 e. The number of thioether (sulfide) groups is 1. The zero-order chi connectivity index (χ0) is 23.4. The molecule has 0 bridgehead atoms. The Bertz CT molecular complexity index is 1280. The minimum absolute atomic E-state index is 0.0276. The highest BCUT2D eigenvalue weighted by atomic mass is 32.2. The Morgan fingerprint density at radius 2 is 1.61 bits per heavy atom. The van der Waals surface area contributed by atoms with Gasteiger partial charge in [0.1, 0.15) is 5.82 Å². The highest BCUT2D eigenvalue weighted by molar-refractivity contribution is 7.99. The maximum Gasteiger partial charge on any atom is 0.270 e. The number of nitrogens with zero attached hydrogens (tertiary/aromatic N) is 4. The quantitative estimate of drug-likeness (QED) is 0.312. The van der Waals surface area contributed by atoms with E-state index in [0.717, 1.165) is 17.1 Å². The predicted molar refractivity (Wildman–Crippen MR) is 129 cm³/mol. The fraction of sp³-hybridized carbons (Fsp3) is 0.200. The largest absolute Gasteiger partial charge is 0.302 e. The summed E-state index contributed by atoms with van der Waals surface area (Å²) in [6.45, 7) is 6.25. The predicted octanol–water partition coefficient (Wildman–Crippen LogP) is 4.41. The van der Waals surface area contributed by atoms with Crippen LogP contribution in [0.5, 0.6) is 0 Å². The van der Waals surface area contributed by atoms with Crippen LogP contribution in [0.15, 0.2) is 71.9 Å². The second-order valence-electron chi connectivity index (χ2n) is 7.74. The number of aromatic nitrogens is 4. The maximum atomic E-state index is 13.0. The molecule has 0 saturated heterocycles. The summed E-state index contributed by atoms with van der Waals surface area (Å²) in [7, 11) is 0. The molecular formula is C25H25N5O2S. The van der Waals surface area contributed by atoms with Gasteiger partial charge in [-0.1, -0.05) is 60.3 Å². The van der Waals surface area contributed by atoms with E-state index in [1.54, 1.807) is 16.8 Å². The van der Waals surface area contributed by atoms with Crippen molar-refractivity contribution in [3.8, 4) is 0 Å². The molecule has 2 aromatic heterocycles. The number of carbonyl (C=O) groups excluding carboxylic acids is 2. The molecular weight excluding hydrogens is 434 g/mol. The van der Waals surface area contributed by atoms with Gasteiger partial charge in [0.25, 0.3) is 5.91 Å². The Balaban J connectivity index is 1.46. The van der Waals surface area contributed by atoms with Gasteiger partial charge in [-0.25, -0.2) is 0 Å². The van der Waals surface area contributed by atoms with E-state index in [0.29, 0.717) is 28.5 Å². The molecule has 4 rings (SSSR count). The van der Waals surface area contributed by atoms with Crippen molar-refractivity contribution in [2.45, 2.75) is 32.5 Å². The molecule has 7 nitrogen and oxygen atoms in total. The Kier molecular flexibility index (Phi) is 6.74. The van der Waals surface area contributed by atoms with Crippen molar-refractivity contribution in [3.63, 3.8) is 0 Å². The van der Waals surface area contributed by atoms with Crippen molar-refractivity contribution in [1.82, 2.24) is 19.4 Å². The first kappa shape index (κ1) is 22.5. The molecule has 1 amide bonds. The molecule has 2 aromatic carbocycles. The van der Waals surface area contributed by atoms with E-state index in [1.807, 2.05) is 67.8 Å². The van der Waals surface area contributed by atoms with Crippen LogP contribution in [0, 0.1) is 20.8 Å². The molecule has 0 radical (unpaired) electrons. The van der Waals surface area contributed by atoms with Crippen LogP contribution in [0.4, 0.5) is 0 Å². The van der Waals surface area contributed by atoms with Crippen molar-refractivity contribution < 1.29 is 9.59 Å². The fourth-order valence-corrected chi connectivity index (χ4v) is 4.46. The maximum absolute atomic E-state index is 13.0. The first-order chi connectivity index (χ1) is 15.9. The number of nitrogens with one attached hydrogen (secondary N) is 1. The van der Waals surface area contributed by atoms with Gasteiger partial charge in [0, 0.05) is 22.5 Å². The van der Waals surface area contributed by atoms with E-state index in [4.69, 9.17) is 0 Å². The minimum Gasteiger partial charge on any atom is -0.302 e. The van der Waals surface area contributed by atoms with Gasteiger partial charge in [-0.3, -0.25) is 19.7 Å². The van der Waals surface area contributed by atoms with Crippen LogP contribution >= 0.6 is 11.8 Å². The molecule has 4 aromatic rings. The number of aryl methyl sites for hydroxylation is 2. The molecule has 1 N–H and O–H groups in total. The normalized spacial score (nSPS) is 10.9. The molecule has 0 aliphatic carbocycles. The first-order valence-corrected chi connectivity index (χ1v) is 11.6. The third kappa shape index (κ3) is 5.06. The standard InChI is InChI=1S/C25H25N5O2S/c1-17-14-22(18(2)30(17)28-24(32)21-12-8-5-9-13-21)23(31)16-33-25-27-26-19(3)29(25)15-20-10-6-4-7-11-20/h4-14H,15-16H2,1-3H3,(H,28,32). The summed E-state index contributed by atoms with van der Waals surface area (Å²) in [5, 5.41) is 9.15. The molecule has 0 aliphatic heterocycles. The molecule has 0 atom stereocenters. The molecule has 0 fully saturated rings. The monoisotopic (exact) mass is 459 g/mol. The molecule has 0 spiro atoms. The van der Waals surface area contributed by atoms with Crippen LogP contribution in [-0.2, 0) is 6.54 Å². The Labute approximate surface area is 196 Å². The zero-order valence-electron chi connectivity index (χ0n) is 18.8. The van der Waals surface area contributed by atoms with Gasteiger partial charge in [0.15, 0.2) is 10.9 Å². The van der Waals surface area contributed by atoms with Crippen molar-refractivity contribution >= 4 is 23.5 Å². The molecule has 168 valence electrons. The van der Waals surface area contributed by atoms with Crippen molar-refractivity contribution in [3.05, 3.63) is 101 Å². The number of carbonyl (C=O) groups is 2. The molecule has 2 heterocycles. The third-order valence-electron chi connectivity index (χ3n) is 5.40. The number of hydrogen-bond donors (Lipinski definition) is 1. The fourth-order valence-electron chi connectivity index (χ4n) is 3.60. The van der Waals surface area contributed by atoms with Crippen LogP contribution in [-0.4, -0.2) is 36.9 Å². The van der Waals surface area contributed by atoms with E-state index in [1.165, 1.54) is 11.8 Å². The zero-order valence-corrected chi connectivity index (χ0v) is 19.6. The molecule has 0 aliphatic rings. The van der Waals surface area contributed by atoms with Crippen molar-refractivity contribution in [2.24, 2.45) is 0 Å². The van der Waals surface area contributed by atoms with Crippen LogP contribution in [0.25, 0.3) is 0 Å². The van der Waals surface area contributed by atoms with Gasteiger partial charge < -0.3 is 4.57 Å². The number of hydrogen-bond acceptors (Lipinski definition) is 5. The Morgan fingerprint density at radius 1 is 0.939 bits per heavy atom. The lowest BCUT2D eigenvalue weighted by Gasteiger charge is -2.12. The summed E-state index contributed by atoms with van der Waals surface area (Å²) in [5.41, 5.74) is 6.64. The summed E-state index contributed by atoms with van der Waals surface area (Å²) >= 11 is 1.37. The van der Waals surface area contributed by atoms with Crippen LogP contribution in [0.1, 0.15) is 43.5 Å². The van der Waals surface area contributed by atoms with Gasteiger partial charge in [-0.05, 0) is 44.5 Å². The Hall–Kier alpha value is -3.65. The van der Waals surface area contributed by atoms with Gasteiger partial charge in [0.2, 0.25) is 0 Å². The molecule has 0 saturated carbocycles. The average Bonchev–Trinajstić information content (AvgIpc) is 3.32. The van der Waals surface area contributed by atoms with E-state index in [-0.39, 0.29) is 17.4 Å². The first-order valence-electron chi connectivity index (χ1n) is 10.6. The topological polar surface area (TPSA) is 81.8 Å². The summed E-state index contributed by atoms with van der Waals surface area (Å²) in [4.78, 5) is 25.6. The van der Waals surface area contributed by atoms with Gasteiger partial charge in [-0.15, -0.1) is 10.2 Å². The van der Waals surface area contributed by atoms with E-state index < -0.39 is 0 Å².